The van der Waals surface area contributed by atoms with Gasteiger partial charge in [-0.3, -0.25) is 9.78 Å². The first kappa shape index (κ1) is 11.6. The number of pyridine rings is 1. The van der Waals surface area contributed by atoms with Crippen molar-refractivity contribution < 1.29 is 4.79 Å². The third-order valence-electron chi connectivity index (χ3n) is 4.72. The molecule has 0 spiro atoms. The predicted molar refractivity (Wildman–Crippen MR) is 77.2 cm³/mol. The normalized spacial score (nSPS) is 30.9. The molecule has 0 amide bonds. The quantitative estimate of drug-likeness (QED) is 0.777. The summed E-state index contributed by atoms with van der Waals surface area (Å²) in [4.78, 5) is 16.9. The number of carbonyl (C=O) groups is 1. The van der Waals surface area contributed by atoms with E-state index in [2.05, 4.69) is 35.3 Å². The Morgan fingerprint density at radius 1 is 1.00 bits per heavy atom. The van der Waals surface area contributed by atoms with Crippen LogP contribution in [0.4, 0.5) is 0 Å². The van der Waals surface area contributed by atoms with Crippen LogP contribution < -0.4 is 0 Å². The summed E-state index contributed by atoms with van der Waals surface area (Å²) in [5.41, 5.74) is 1.92. The molecule has 98 valence electrons. The fraction of sp³-hybridized carbons (Fsp3) is 0.222. The second-order valence-electron chi connectivity index (χ2n) is 5.59. The lowest BCUT2D eigenvalue weighted by molar-refractivity contribution is -0.120. The SMILES string of the molecule is O=C1CC2C=CC1C2(c1ccccc1)c1ccccn1. The van der Waals surface area contributed by atoms with Crippen molar-refractivity contribution in [3.8, 4) is 0 Å². The zero-order valence-corrected chi connectivity index (χ0v) is 11.1. The summed E-state index contributed by atoms with van der Waals surface area (Å²) >= 11 is 0. The van der Waals surface area contributed by atoms with Crippen LogP contribution in [0.5, 0.6) is 0 Å². The van der Waals surface area contributed by atoms with Gasteiger partial charge in [-0.2, -0.15) is 0 Å². The first-order chi connectivity index (χ1) is 9.83. The summed E-state index contributed by atoms with van der Waals surface area (Å²) in [6, 6.07) is 16.3. The number of fused-ring (bicyclic) bond motifs is 2. The van der Waals surface area contributed by atoms with Crippen LogP contribution in [0.1, 0.15) is 17.7 Å². The van der Waals surface area contributed by atoms with Crippen molar-refractivity contribution in [2.75, 3.05) is 0 Å². The maximum atomic E-state index is 12.3. The Balaban J connectivity index is 1.99. The molecule has 1 saturated carbocycles. The van der Waals surface area contributed by atoms with E-state index in [0.717, 1.165) is 5.69 Å². The molecule has 1 heterocycles. The van der Waals surface area contributed by atoms with Crippen molar-refractivity contribution >= 4 is 5.78 Å². The van der Waals surface area contributed by atoms with Crippen LogP contribution >= 0.6 is 0 Å². The monoisotopic (exact) mass is 261 g/mol. The first-order valence-electron chi connectivity index (χ1n) is 7.01. The van der Waals surface area contributed by atoms with E-state index in [9.17, 15) is 4.79 Å². The van der Waals surface area contributed by atoms with Crippen molar-refractivity contribution in [1.29, 1.82) is 0 Å². The average molecular weight is 261 g/mol. The lowest BCUT2D eigenvalue weighted by Gasteiger charge is -2.34. The largest absolute Gasteiger partial charge is 0.299 e. The van der Waals surface area contributed by atoms with Gasteiger partial charge in [-0.1, -0.05) is 48.6 Å². The number of nitrogens with zero attached hydrogens (tertiary/aromatic N) is 1. The Labute approximate surface area is 118 Å². The van der Waals surface area contributed by atoms with Crippen LogP contribution in [-0.2, 0) is 10.2 Å². The zero-order chi connectivity index (χ0) is 13.6. The second kappa shape index (κ2) is 4.14. The molecular weight excluding hydrogens is 246 g/mol. The van der Waals surface area contributed by atoms with Gasteiger partial charge in [0.1, 0.15) is 5.78 Å². The maximum Gasteiger partial charge on any atom is 0.141 e. The molecular formula is C18H15NO. The molecule has 2 nitrogen and oxygen atoms in total. The molecule has 20 heavy (non-hydrogen) atoms. The number of rotatable bonds is 2. The van der Waals surface area contributed by atoms with Crippen LogP contribution in [0.25, 0.3) is 0 Å². The summed E-state index contributed by atoms with van der Waals surface area (Å²) in [5.74, 6) is 0.508. The molecule has 0 saturated heterocycles. The van der Waals surface area contributed by atoms with Gasteiger partial charge in [0.15, 0.2) is 0 Å². The molecule has 3 unspecified atom stereocenters. The number of benzene rings is 1. The predicted octanol–water partition coefficient (Wildman–Crippen LogP) is 3.14. The van der Waals surface area contributed by atoms with Crippen LogP contribution in [0, 0.1) is 11.8 Å². The third kappa shape index (κ3) is 1.34. The Morgan fingerprint density at radius 3 is 2.40 bits per heavy atom. The van der Waals surface area contributed by atoms with Crippen molar-refractivity contribution in [2.24, 2.45) is 11.8 Å². The molecule has 1 aromatic heterocycles. The van der Waals surface area contributed by atoms with Crippen molar-refractivity contribution in [2.45, 2.75) is 11.8 Å². The number of allylic oxidation sites excluding steroid dienone is 2. The van der Waals surface area contributed by atoms with Gasteiger partial charge in [-0.05, 0) is 23.6 Å². The van der Waals surface area contributed by atoms with E-state index in [1.807, 2.05) is 36.5 Å². The van der Waals surface area contributed by atoms with E-state index in [0.29, 0.717) is 12.2 Å². The second-order valence-corrected chi connectivity index (χ2v) is 5.59. The molecule has 0 aliphatic heterocycles. The first-order valence-corrected chi connectivity index (χ1v) is 7.01. The Kier molecular flexibility index (Phi) is 2.40. The van der Waals surface area contributed by atoms with E-state index in [4.69, 9.17) is 0 Å². The summed E-state index contributed by atoms with van der Waals surface area (Å²) < 4.78 is 0. The van der Waals surface area contributed by atoms with Crippen molar-refractivity contribution in [3.63, 3.8) is 0 Å². The zero-order valence-electron chi connectivity index (χ0n) is 11.1. The summed E-state index contributed by atoms with van der Waals surface area (Å²) in [6.45, 7) is 0. The average Bonchev–Trinajstić information content (AvgIpc) is 3.01. The highest BCUT2D eigenvalue weighted by molar-refractivity contribution is 5.91. The molecule has 2 aliphatic rings. The van der Waals surface area contributed by atoms with Crippen molar-refractivity contribution in [3.05, 3.63) is 78.1 Å². The smallest absolute Gasteiger partial charge is 0.141 e. The molecule has 2 aromatic rings. The van der Waals surface area contributed by atoms with Gasteiger partial charge < -0.3 is 0 Å². The van der Waals surface area contributed by atoms with E-state index in [1.165, 1.54) is 5.56 Å². The Bertz CT molecular complexity index is 636. The molecule has 2 heteroatoms. The standard InChI is InChI=1S/C18H15NO/c20-16-12-14-9-10-15(16)18(14,13-6-2-1-3-7-13)17-8-4-5-11-19-17/h1-11,14-15H,12H2. The fourth-order valence-electron chi connectivity index (χ4n) is 3.93. The van der Waals surface area contributed by atoms with Crippen LogP contribution in [0.2, 0.25) is 0 Å². The molecule has 0 radical (unpaired) electrons. The van der Waals surface area contributed by atoms with Gasteiger partial charge in [0.05, 0.1) is 17.0 Å². The molecule has 1 aromatic carbocycles. The topological polar surface area (TPSA) is 30.0 Å². The third-order valence-corrected chi connectivity index (χ3v) is 4.72. The molecule has 2 bridgehead atoms. The van der Waals surface area contributed by atoms with Gasteiger partial charge in [-0.15, -0.1) is 0 Å². The van der Waals surface area contributed by atoms with Gasteiger partial charge in [0.25, 0.3) is 0 Å². The fourth-order valence-corrected chi connectivity index (χ4v) is 3.93. The minimum atomic E-state index is -0.292. The summed E-state index contributed by atoms with van der Waals surface area (Å²) in [5, 5.41) is 0. The molecule has 0 N–H and O–H groups in total. The van der Waals surface area contributed by atoms with Crippen LogP contribution in [0.15, 0.2) is 66.9 Å². The van der Waals surface area contributed by atoms with E-state index >= 15 is 0 Å². The number of carbonyl (C=O) groups excluding carboxylic acids is 1. The van der Waals surface area contributed by atoms with Gasteiger partial charge in [0.2, 0.25) is 0 Å². The number of ketones is 1. The lowest BCUT2D eigenvalue weighted by Crippen LogP contribution is -2.35. The molecule has 1 fully saturated rings. The minimum absolute atomic E-state index is 0.0650. The lowest BCUT2D eigenvalue weighted by atomic mass is 9.68. The van der Waals surface area contributed by atoms with Crippen LogP contribution in [0.3, 0.4) is 0 Å². The highest BCUT2D eigenvalue weighted by Crippen LogP contribution is 2.56. The number of Topliss-reactive ketones (excluding diaryl/α,β-unsaturated/α-hetero) is 1. The highest BCUT2D eigenvalue weighted by atomic mass is 16.1. The van der Waals surface area contributed by atoms with E-state index in [-0.39, 0.29) is 17.3 Å². The minimum Gasteiger partial charge on any atom is -0.299 e. The van der Waals surface area contributed by atoms with E-state index in [1.54, 1.807) is 0 Å². The summed E-state index contributed by atoms with van der Waals surface area (Å²) in [7, 11) is 0. The summed E-state index contributed by atoms with van der Waals surface area (Å²) in [6.07, 6.45) is 6.74. The number of aromatic nitrogens is 1. The molecule has 2 aliphatic carbocycles. The molecule has 3 atom stereocenters. The highest BCUT2D eigenvalue weighted by Gasteiger charge is 2.58. The maximum absolute atomic E-state index is 12.3. The van der Waals surface area contributed by atoms with Crippen LogP contribution in [-0.4, -0.2) is 10.8 Å². The Morgan fingerprint density at radius 2 is 1.80 bits per heavy atom. The van der Waals surface area contributed by atoms with Gasteiger partial charge in [-0.25, -0.2) is 0 Å². The van der Waals surface area contributed by atoms with Crippen molar-refractivity contribution in [1.82, 2.24) is 4.98 Å². The van der Waals surface area contributed by atoms with Gasteiger partial charge >= 0.3 is 0 Å². The van der Waals surface area contributed by atoms with E-state index < -0.39 is 0 Å². The van der Waals surface area contributed by atoms with Gasteiger partial charge in [0, 0.05) is 12.6 Å². The Hall–Kier alpha value is -2.22. The number of hydrogen-bond acceptors (Lipinski definition) is 2. The number of hydrogen-bond donors (Lipinski definition) is 0. The molecule has 4 rings (SSSR count).